The summed E-state index contributed by atoms with van der Waals surface area (Å²) in [6.45, 7) is 5.95. The van der Waals surface area contributed by atoms with Crippen LogP contribution in [0.15, 0.2) is 23.9 Å². The molecular weight excluding hydrogens is 360 g/mol. The number of hydroxylamine groups is 2. The van der Waals surface area contributed by atoms with Crippen molar-refractivity contribution in [2.45, 2.75) is 39.2 Å². The second-order valence-corrected chi connectivity index (χ2v) is 7.41. The number of anilines is 1. The summed E-state index contributed by atoms with van der Waals surface area (Å²) < 4.78 is 0. The van der Waals surface area contributed by atoms with Crippen LogP contribution in [0.5, 0.6) is 0 Å². The van der Waals surface area contributed by atoms with E-state index in [1.165, 1.54) is 17.2 Å². The van der Waals surface area contributed by atoms with Crippen LogP contribution >= 0.6 is 11.6 Å². The SMILES string of the molecule is CC(C)(C)ON1CCC(C(=O)Nc2cccc(Cl)c2C(=O)O)CC1=C=O. The Morgan fingerprint density at radius 3 is 2.65 bits per heavy atom. The number of allylic oxidation sites excluding steroid dienone is 1. The average molecular weight is 381 g/mol. The minimum atomic E-state index is -1.23. The lowest BCUT2D eigenvalue weighted by molar-refractivity contribution is -0.215. The van der Waals surface area contributed by atoms with Gasteiger partial charge in [-0.25, -0.2) is 14.7 Å². The van der Waals surface area contributed by atoms with Crippen molar-refractivity contribution >= 4 is 35.1 Å². The predicted octanol–water partition coefficient (Wildman–Crippen LogP) is 3.13. The molecule has 1 atom stereocenters. The van der Waals surface area contributed by atoms with Gasteiger partial charge in [-0.3, -0.25) is 9.63 Å². The van der Waals surface area contributed by atoms with Crippen molar-refractivity contribution in [1.29, 1.82) is 0 Å². The van der Waals surface area contributed by atoms with Crippen LogP contribution in [-0.4, -0.2) is 40.1 Å². The smallest absolute Gasteiger partial charge is 0.339 e. The molecule has 2 rings (SSSR count). The molecule has 8 heteroatoms. The minimum Gasteiger partial charge on any atom is -0.478 e. The Labute approximate surface area is 156 Å². The van der Waals surface area contributed by atoms with Crippen LogP contribution in [0, 0.1) is 5.92 Å². The van der Waals surface area contributed by atoms with Crippen LogP contribution in [0.1, 0.15) is 44.0 Å². The van der Waals surface area contributed by atoms with Crippen molar-refractivity contribution in [3.63, 3.8) is 0 Å². The van der Waals surface area contributed by atoms with E-state index in [0.29, 0.717) is 13.0 Å². The van der Waals surface area contributed by atoms with Gasteiger partial charge < -0.3 is 10.4 Å². The maximum Gasteiger partial charge on any atom is 0.339 e. The number of piperidine rings is 1. The predicted molar refractivity (Wildman–Crippen MR) is 96.5 cm³/mol. The Morgan fingerprint density at radius 1 is 1.38 bits per heavy atom. The molecule has 140 valence electrons. The maximum absolute atomic E-state index is 12.6. The monoisotopic (exact) mass is 380 g/mol. The minimum absolute atomic E-state index is 0.0390. The molecule has 0 saturated carbocycles. The van der Waals surface area contributed by atoms with Gasteiger partial charge in [-0.15, -0.1) is 0 Å². The first-order valence-electron chi connectivity index (χ1n) is 8.15. The molecule has 0 spiro atoms. The molecule has 7 nitrogen and oxygen atoms in total. The molecule has 1 fully saturated rings. The van der Waals surface area contributed by atoms with E-state index in [9.17, 15) is 19.5 Å². The molecule has 0 radical (unpaired) electrons. The van der Waals surface area contributed by atoms with Gasteiger partial charge >= 0.3 is 5.97 Å². The zero-order valence-corrected chi connectivity index (χ0v) is 15.6. The maximum atomic E-state index is 12.6. The number of amides is 1. The molecule has 0 aromatic heterocycles. The van der Waals surface area contributed by atoms with Crippen molar-refractivity contribution in [1.82, 2.24) is 5.06 Å². The van der Waals surface area contributed by atoms with Crippen LogP contribution in [0.3, 0.4) is 0 Å². The number of rotatable bonds is 4. The summed E-state index contributed by atoms with van der Waals surface area (Å²) in [6.07, 6.45) is 0.616. The summed E-state index contributed by atoms with van der Waals surface area (Å²) in [7, 11) is 0. The number of nitrogens with one attached hydrogen (secondary N) is 1. The number of carboxylic acid groups (broad SMARTS) is 1. The first-order valence-corrected chi connectivity index (χ1v) is 8.53. The van der Waals surface area contributed by atoms with E-state index in [4.69, 9.17) is 16.4 Å². The summed E-state index contributed by atoms with van der Waals surface area (Å²) in [5.41, 5.74) is -0.257. The fraction of sp³-hybridized carbons (Fsp3) is 0.444. The highest BCUT2D eigenvalue weighted by Crippen LogP contribution is 2.30. The third-order valence-electron chi connectivity index (χ3n) is 3.78. The number of halogens is 1. The van der Waals surface area contributed by atoms with E-state index in [1.807, 2.05) is 26.7 Å². The highest BCUT2D eigenvalue weighted by molar-refractivity contribution is 6.34. The lowest BCUT2D eigenvalue weighted by Crippen LogP contribution is -2.41. The van der Waals surface area contributed by atoms with Crippen LogP contribution < -0.4 is 5.32 Å². The molecule has 1 amide bonds. The van der Waals surface area contributed by atoms with Gasteiger partial charge in [0.2, 0.25) is 5.91 Å². The van der Waals surface area contributed by atoms with E-state index in [0.717, 1.165) is 0 Å². The summed E-state index contributed by atoms with van der Waals surface area (Å²) in [4.78, 5) is 40.9. The second-order valence-electron chi connectivity index (χ2n) is 7.00. The molecule has 1 unspecified atom stereocenters. The van der Waals surface area contributed by atoms with E-state index in [-0.39, 0.29) is 34.3 Å². The Bertz CT molecular complexity index is 765. The van der Waals surface area contributed by atoms with Gasteiger partial charge in [0.1, 0.15) is 17.2 Å². The van der Waals surface area contributed by atoms with E-state index >= 15 is 0 Å². The van der Waals surface area contributed by atoms with Crippen molar-refractivity contribution in [2.24, 2.45) is 5.92 Å². The molecule has 1 aliphatic heterocycles. The normalized spacial score (nSPS) is 17.6. The first-order chi connectivity index (χ1) is 12.1. The standard InChI is InChI=1S/C18H21ClN2O5/c1-18(2,3)26-21-8-7-11(9-12(21)10-22)16(23)20-14-6-4-5-13(19)15(14)17(24)25/h4-6,11H,7-9H2,1-3H3,(H,20,23)(H,24,25). The number of nitrogens with zero attached hydrogens (tertiary/aromatic N) is 1. The van der Waals surface area contributed by atoms with E-state index < -0.39 is 17.5 Å². The summed E-state index contributed by atoms with van der Waals surface area (Å²) in [6, 6.07) is 4.47. The van der Waals surface area contributed by atoms with Gasteiger partial charge in [0.15, 0.2) is 0 Å². The van der Waals surface area contributed by atoms with Gasteiger partial charge in [-0.05, 0) is 39.3 Å². The molecule has 1 saturated heterocycles. The highest BCUT2D eigenvalue weighted by atomic mass is 35.5. The second kappa shape index (κ2) is 7.91. The van der Waals surface area contributed by atoms with E-state index in [1.54, 1.807) is 6.07 Å². The molecule has 1 aliphatic rings. The topological polar surface area (TPSA) is 95.9 Å². The van der Waals surface area contributed by atoms with Gasteiger partial charge in [-0.1, -0.05) is 17.7 Å². The van der Waals surface area contributed by atoms with Gasteiger partial charge in [0.05, 0.1) is 16.3 Å². The lowest BCUT2D eigenvalue weighted by Gasteiger charge is -2.36. The van der Waals surface area contributed by atoms with Crippen molar-refractivity contribution in [3.05, 3.63) is 34.5 Å². The number of carbonyl (C=O) groups is 2. The number of carbonyl (C=O) groups excluding carboxylic acids is 2. The summed E-state index contributed by atoms with van der Waals surface area (Å²) >= 11 is 5.91. The van der Waals surface area contributed by atoms with Crippen molar-refractivity contribution in [2.75, 3.05) is 11.9 Å². The summed E-state index contributed by atoms with van der Waals surface area (Å²) in [5, 5.41) is 13.4. The van der Waals surface area contributed by atoms with E-state index in [2.05, 4.69) is 5.32 Å². The molecule has 1 heterocycles. The van der Waals surface area contributed by atoms with Crippen LogP contribution in [0.4, 0.5) is 5.69 Å². The zero-order valence-electron chi connectivity index (χ0n) is 14.8. The Balaban J connectivity index is 2.12. The molecule has 1 aromatic rings. The molecular formula is C18H21ClN2O5. The first kappa shape index (κ1) is 20.0. The number of hydrogen-bond acceptors (Lipinski definition) is 5. The Hall–Kier alpha value is -2.34. The Morgan fingerprint density at radius 2 is 2.08 bits per heavy atom. The third kappa shape index (κ3) is 4.85. The largest absolute Gasteiger partial charge is 0.478 e. The fourth-order valence-corrected chi connectivity index (χ4v) is 2.93. The molecule has 0 aliphatic carbocycles. The quantitative estimate of drug-likeness (QED) is 0.779. The molecule has 1 aromatic carbocycles. The summed E-state index contributed by atoms with van der Waals surface area (Å²) in [5.74, 6) is -0.263. The number of benzene rings is 1. The van der Waals surface area contributed by atoms with Gasteiger partial charge in [0.25, 0.3) is 0 Å². The van der Waals surface area contributed by atoms with Crippen molar-refractivity contribution in [3.8, 4) is 0 Å². The van der Waals surface area contributed by atoms with Crippen LogP contribution in [0.25, 0.3) is 0 Å². The fourth-order valence-electron chi connectivity index (χ4n) is 2.67. The average Bonchev–Trinajstić information content (AvgIpc) is 2.53. The lowest BCUT2D eigenvalue weighted by atomic mass is 9.94. The van der Waals surface area contributed by atoms with Gasteiger partial charge in [-0.2, -0.15) is 0 Å². The highest BCUT2D eigenvalue weighted by Gasteiger charge is 2.32. The Kier molecular flexibility index (Phi) is 6.08. The zero-order chi connectivity index (χ0) is 19.5. The molecule has 2 N–H and O–H groups in total. The van der Waals surface area contributed by atoms with Gasteiger partial charge in [0, 0.05) is 18.9 Å². The number of carboxylic acids is 1. The van der Waals surface area contributed by atoms with Crippen LogP contribution in [-0.2, 0) is 14.4 Å². The third-order valence-corrected chi connectivity index (χ3v) is 4.09. The van der Waals surface area contributed by atoms with Crippen LogP contribution in [0.2, 0.25) is 5.02 Å². The number of hydrogen-bond donors (Lipinski definition) is 2. The molecule has 26 heavy (non-hydrogen) atoms. The number of aromatic carboxylic acids is 1. The molecule has 0 bridgehead atoms. The van der Waals surface area contributed by atoms with Crippen molar-refractivity contribution < 1.29 is 24.3 Å².